The molecule has 0 aliphatic carbocycles. The van der Waals surface area contributed by atoms with Gasteiger partial charge in [0.1, 0.15) is 11.5 Å². The molecule has 0 radical (unpaired) electrons. The number of amides is 1. The molecule has 1 amide bonds. The fourth-order valence-electron chi connectivity index (χ4n) is 3.76. The van der Waals surface area contributed by atoms with E-state index >= 15 is 0 Å². The molecule has 1 atom stereocenters. The molecule has 8 heteroatoms. The zero-order valence-corrected chi connectivity index (χ0v) is 18.8. The van der Waals surface area contributed by atoms with Crippen LogP contribution in [0.3, 0.4) is 0 Å². The van der Waals surface area contributed by atoms with E-state index in [9.17, 15) is 4.79 Å². The van der Waals surface area contributed by atoms with Crippen molar-refractivity contribution in [1.29, 1.82) is 5.41 Å². The van der Waals surface area contributed by atoms with Crippen LogP contribution in [0.15, 0.2) is 30.5 Å². The van der Waals surface area contributed by atoms with Gasteiger partial charge >= 0.3 is 0 Å². The number of nitrogens with one attached hydrogen (secondary N) is 1. The molecule has 1 aliphatic heterocycles. The quantitative estimate of drug-likeness (QED) is 0.631. The summed E-state index contributed by atoms with van der Waals surface area (Å²) in [6.45, 7) is 11.1. The van der Waals surface area contributed by atoms with Crippen molar-refractivity contribution in [3.05, 3.63) is 41.7 Å². The zero-order chi connectivity index (χ0) is 22.5. The second-order valence-corrected chi connectivity index (χ2v) is 8.00. The molecule has 1 unspecified atom stereocenters. The van der Waals surface area contributed by atoms with Gasteiger partial charge in [0.15, 0.2) is 0 Å². The van der Waals surface area contributed by atoms with Crippen LogP contribution in [0.5, 0.6) is 5.88 Å². The Morgan fingerprint density at radius 3 is 2.68 bits per heavy atom. The topological polar surface area (TPSA) is 108 Å². The average molecular weight is 425 g/mol. The summed E-state index contributed by atoms with van der Waals surface area (Å²) >= 11 is 0. The van der Waals surface area contributed by atoms with Gasteiger partial charge in [-0.2, -0.15) is 0 Å². The van der Waals surface area contributed by atoms with Crippen LogP contribution in [0.4, 0.5) is 11.5 Å². The highest BCUT2D eigenvalue weighted by Crippen LogP contribution is 2.24. The van der Waals surface area contributed by atoms with Gasteiger partial charge in [0.25, 0.3) is 0 Å². The Morgan fingerprint density at radius 2 is 2.10 bits per heavy atom. The second kappa shape index (κ2) is 9.87. The maximum atomic E-state index is 13.2. The Bertz CT molecular complexity index is 928. The lowest BCUT2D eigenvalue weighted by Gasteiger charge is -2.24. The highest BCUT2D eigenvalue weighted by Gasteiger charge is 2.31. The average Bonchev–Trinajstić information content (AvgIpc) is 3.24. The molecule has 31 heavy (non-hydrogen) atoms. The number of rotatable bonds is 8. The highest BCUT2D eigenvalue weighted by atomic mass is 16.5. The first-order valence-corrected chi connectivity index (χ1v) is 10.9. The molecule has 0 spiro atoms. The number of anilines is 2. The number of hydrogen-bond acceptors (Lipinski definition) is 7. The molecular weight excluding hydrogens is 392 g/mol. The van der Waals surface area contributed by atoms with Gasteiger partial charge in [-0.3, -0.25) is 15.1 Å². The number of carbonyl (C=O) groups excluding carboxylic acids is 1. The Balaban J connectivity index is 1.83. The maximum absolute atomic E-state index is 13.2. The number of nitrogens with zero attached hydrogens (tertiary/aromatic N) is 4. The number of likely N-dealkylation sites (tertiary alicyclic amines) is 1. The first kappa shape index (κ1) is 22.7. The molecule has 3 rings (SSSR count). The number of nitrogens with two attached hydrogens (primary N) is 1. The van der Waals surface area contributed by atoms with Gasteiger partial charge in [0.2, 0.25) is 11.8 Å². The van der Waals surface area contributed by atoms with E-state index in [1.54, 1.807) is 35.4 Å². The highest BCUT2D eigenvalue weighted by molar-refractivity contribution is 6.12. The number of aromatic nitrogens is 2. The summed E-state index contributed by atoms with van der Waals surface area (Å²) in [5.41, 5.74) is 7.60. The summed E-state index contributed by atoms with van der Waals surface area (Å²) in [7, 11) is 0. The first-order chi connectivity index (χ1) is 14.8. The number of ether oxygens (including phenoxy) is 1. The van der Waals surface area contributed by atoms with E-state index in [4.69, 9.17) is 15.9 Å². The smallest absolute Gasteiger partial charge is 0.232 e. The summed E-state index contributed by atoms with van der Waals surface area (Å²) in [5, 5.41) is 8.61. The monoisotopic (exact) mass is 424 g/mol. The van der Waals surface area contributed by atoms with Crippen LogP contribution in [0.2, 0.25) is 0 Å². The van der Waals surface area contributed by atoms with Crippen molar-refractivity contribution >= 4 is 23.1 Å². The van der Waals surface area contributed by atoms with Crippen LogP contribution in [0.1, 0.15) is 45.4 Å². The molecule has 0 aromatic carbocycles. The van der Waals surface area contributed by atoms with Crippen LogP contribution >= 0.6 is 0 Å². The predicted octanol–water partition coefficient (Wildman–Crippen LogP) is 2.96. The molecular formula is C23H32N6O2. The molecule has 3 N–H and O–H groups in total. The Hall–Kier alpha value is -3.00. The lowest BCUT2D eigenvalue weighted by Crippen LogP contribution is -2.38. The standard InChI is InChI=1S/C23H32N6O2/c1-5-28-12-11-17(14-28)23(30)29(6-2)19-9-8-18(24)22(27-19)21(25)16-7-10-20(26-13-16)31-15(3)4/h7-10,13,15,17,25H,5-6,11-12,14,24H2,1-4H3. The van der Waals surface area contributed by atoms with Gasteiger partial charge < -0.3 is 15.4 Å². The van der Waals surface area contributed by atoms with Gasteiger partial charge in [-0.1, -0.05) is 6.92 Å². The molecule has 3 heterocycles. The van der Waals surface area contributed by atoms with E-state index in [-0.39, 0.29) is 23.6 Å². The maximum Gasteiger partial charge on any atom is 0.232 e. The third-order valence-electron chi connectivity index (χ3n) is 5.46. The van der Waals surface area contributed by atoms with Crippen molar-refractivity contribution in [2.75, 3.05) is 36.8 Å². The number of hydrogen-bond donors (Lipinski definition) is 2. The summed E-state index contributed by atoms with van der Waals surface area (Å²) in [6, 6.07) is 6.95. The van der Waals surface area contributed by atoms with E-state index < -0.39 is 0 Å². The van der Waals surface area contributed by atoms with E-state index in [0.29, 0.717) is 35.2 Å². The summed E-state index contributed by atoms with van der Waals surface area (Å²) in [5.74, 6) is 1.07. The van der Waals surface area contributed by atoms with Crippen molar-refractivity contribution < 1.29 is 9.53 Å². The molecule has 8 nitrogen and oxygen atoms in total. The van der Waals surface area contributed by atoms with Gasteiger partial charge in [-0.25, -0.2) is 9.97 Å². The minimum absolute atomic E-state index is 0.0219. The number of nitrogen functional groups attached to an aromatic ring is 1. The summed E-state index contributed by atoms with van der Waals surface area (Å²) in [6.07, 6.45) is 2.46. The lowest BCUT2D eigenvalue weighted by molar-refractivity contribution is -0.122. The van der Waals surface area contributed by atoms with Crippen molar-refractivity contribution in [2.24, 2.45) is 5.92 Å². The van der Waals surface area contributed by atoms with Crippen molar-refractivity contribution in [2.45, 2.75) is 40.2 Å². The van der Waals surface area contributed by atoms with Crippen molar-refractivity contribution in [1.82, 2.24) is 14.9 Å². The van der Waals surface area contributed by atoms with Crippen LogP contribution in [0, 0.1) is 11.3 Å². The first-order valence-electron chi connectivity index (χ1n) is 10.9. The third kappa shape index (κ3) is 5.19. The Labute approximate surface area is 183 Å². The molecule has 1 aliphatic rings. The van der Waals surface area contributed by atoms with E-state index in [1.807, 2.05) is 20.8 Å². The van der Waals surface area contributed by atoms with Crippen molar-refractivity contribution in [3.8, 4) is 5.88 Å². The van der Waals surface area contributed by atoms with Gasteiger partial charge in [0, 0.05) is 30.9 Å². The van der Waals surface area contributed by atoms with Gasteiger partial charge in [-0.05, 0) is 58.5 Å². The minimum atomic E-state index is -0.0279. The molecule has 166 valence electrons. The Morgan fingerprint density at radius 1 is 1.32 bits per heavy atom. The van der Waals surface area contributed by atoms with Crippen LogP contribution < -0.4 is 15.4 Å². The summed E-state index contributed by atoms with van der Waals surface area (Å²) < 4.78 is 5.56. The van der Waals surface area contributed by atoms with Gasteiger partial charge in [-0.15, -0.1) is 0 Å². The van der Waals surface area contributed by atoms with Crippen LogP contribution in [-0.2, 0) is 4.79 Å². The molecule has 2 aromatic heterocycles. The molecule has 1 saturated heterocycles. The van der Waals surface area contributed by atoms with Crippen LogP contribution in [0.25, 0.3) is 0 Å². The van der Waals surface area contributed by atoms with E-state index in [0.717, 1.165) is 26.1 Å². The van der Waals surface area contributed by atoms with Crippen LogP contribution in [-0.4, -0.2) is 58.8 Å². The predicted molar refractivity (Wildman–Crippen MR) is 123 cm³/mol. The number of carbonyl (C=O) groups is 1. The van der Waals surface area contributed by atoms with Gasteiger partial charge in [0.05, 0.1) is 23.4 Å². The third-order valence-corrected chi connectivity index (χ3v) is 5.46. The fraction of sp³-hybridized carbons (Fsp3) is 0.478. The fourth-order valence-corrected chi connectivity index (χ4v) is 3.76. The number of pyridine rings is 2. The molecule has 0 saturated carbocycles. The largest absolute Gasteiger partial charge is 0.475 e. The van der Waals surface area contributed by atoms with E-state index in [1.165, 1.54) is 0 Å². The zero-order valence-electron chi connectivity index (χ0n) is 18.8. The molecule has 0 bridgehead atoms. The molecule has 1 fully saturated rings. The molecule has 2 aromatic rings. The second-order valence-electron chi connectivity index (χ2n) is 8.00. The van der Waals surface area contributed by atoms with Crippen molar-refractivity contribution in [3.63, 3.8) is 0 Å². The van der Waals surface area contributed by atoms with E-state index in [2.05, 4.69) is 21.8 Å². The SMILES string of the molecule is CCN1CCC(C(=O)N(CC)c2ccc(N)c(C(=N)c3ccc(OC(C)C)nc3)n2)C1. The Kier molecular flexibility index (Phi) is 7.22. The summed E-state index contributed by atoms with van der Waals surface area (Å²) in [4.78, 5) is 26.0. The lowest BCUT2D eigenvalue weighted by atomic mass is 10.1. The normalized spacial score (nSPS) is 16.5. The minimum Gasteiger partial charge on any atom is -0.475 e.